The highest BCUT2D eigenvalue weighted by Gasteiger charge is 2.38. The summed E-state index contributed by atoms with van der Waals surface area (Å²) in [7, 11) is 0. The average molecular weight is 809 g/mol. The van der Waals surface area contributed by atoms with Crippen LogP contribution >= 0.6 is 0 Å². The molecule has 0 atom stereocenters. The van der Waals surface area contributed by atoms with Gasteiger partial charge in [0.25, 0.3) is 0 Å². The molecule has 9 aromatic carbocycles. The van der Waals surface area contributed by atoms with Crippen LogP contribution in [-0.2, 0) is 10.8 Å². The van der Waals surface area contributed by atoms with Gasteiger partial charge in [-0.1, -0.05) is 155 Å². The first-order chi connectivity index (χ1) is 30.8. The molecule has 0 fully saturated rings. The molecule has 3 heterocycles. The second kappa shape index (κ2) is 13.0. The predicted molar refractivity (Wildman–Crippen MR) is 263 cm³/mol. The minimum atomic E-state index is -0.121. The van der Waals surface area contributed by atoms with Crippen LogP contribution in [0.25, 0.3) is 82.8 Å². The van der Waals surface area contributed by atoms with E-state index in [1.54, 1.807) is 0 Å². The lowest BCUT2D eigenvalue weighted by molar-refractivity contribution is 0.630. The smallest absolute Gasteiger partial charge is 0.136 e. The van der Waals surface area contributed by atoms with Gasteiger partial charge in [-0.05, 0) is 122 Å². The summed E-state index contributed by atoms with van der Waals surface area (Å²) in [6.07, 6.45) is 0. The maximum absolute atomic E-state index is 6.71. The number of anilines is 3. The molecule has 0 spiro atoms. The van der Waals surface area contributed by atoms with Crippen molar-refractivity contribution < 1.29 is 4.42 Å². The molecule has 2 aromatic heterocycles. The van der Waals surface area contributed by atoms with Gasteiger partial charge < -0.3 is 13.9 Å². The van der Waals surface area contributed by atoms with Gasteiger partial charge in [0.15, 0.2) is 0 Å². The van der Waals surface area contributed by atoms with Crippen molar-refractivity contribution in [2.24, 2.45) is 0 Å². The van der Waals surface area contributed by atoms with Gasteiger partial charge in [-0.2, -0.15) is 0 Å². The predicted octanol–water partition coefficient (Wildman–Crippen LogP) is 16.4. The number of fused-ring (bicyclic) bond motifs is 12. The van der Waals surface area contributed by atoms with Gasteiger partial charge in [-0.25, -0.2) is 0 Å². The number of para-hydroxylation sites is 2. The van der Waals surface area contributed by atoms with Gasteiger partial charge in [0.1, 0.15) is 11.2 Å². The molecule has 0 saturated heterocycles. The molecule has 0 amide bonds. The van der Waals surface area contributed by atoms with Crippen LogP contribution in [0.2, 0.25) is 0 Å². The van der Waals surface area contributed by atoms with Crippen LogP contribution in [0.4, 0.5) is 17.1 Å². The molecule has 3 nitrogen and oxygen atoms in total. The van der Waals surface area contributed by atoms with Crippen molar-refractivity contribution in [2.75, 3.05) is 4.90 Å². The highest BCUT2D eigenvalue weighted by atomic mass is 16.3. The average Bonchev–Trinajstić information content (AvgIpc) is 3.94. The fraction of sp³-hybridized carbons (Fsp3) is 0.100. The lowest BCUT2D eigenvalue weighted by Gasteiger charge is -2.34. The number of benzene rings is 9. The zero-order chi connectivity index (χ0) is 42.2. The van der Waals surface area contributed by atoms with Crippen molar-refractivity contribution >= 4 is 60.8 Å². The molecule has 0 bridgehead atoms. The largest absolute Gasteiger partial charge is 0.456 e. The van der Waals surface area contributed by atoms with Crippen LogP contribution in [0.5, 0.6) is 0 Å². The number of hydrogen-bond donors (Lipinski definition) is 0. The van der Waals surface area contributed by atoms with E-state index in [0.717, 1.165) is 44.7 Å². The standard InChI is InChI=1S/C60H44N2O/c1-59(2)48-20-9-8-18-45(48)56-50(59)31-33-54-57(56)46-30-26-40(35-55(46)63-54)39-16-12-17-42(34-39)61(41-27-24-38(25-28-41)37-14-6-5-7-15-37)43-29-32-52-47(36-43)44-19-13-22-51-58(44)62(52)53-23-11-10-21-49(53)60(51,3)4/h5-36H,1-4H3. The van der Waals surface area contributed by atoms with Crippen molar-refractivity contribution in [1.29, 1.82) is 0 Å². The van der Waals surface area contributed by atoms with Gasteiger partial charge >= 0.3 is 0 Å². The Balaban J connectivity index is 0.971. The summed E-state index contributed by atoms with van der Waals surface area (Å²) in [6, 6.07) is 71.4. The second-order valence-corrected chi connectivity index (χ2v) is 18.5. The van der Waals surface area contributed by atoms with E-state index in [0.29, 0.717) is 0 Å². The number of aromatic nitrogens is 1. The third kappa shape index (κ3) is 5.08. The normalized spacial score (nSPS) is 14.3. The monoisotopic (exact) mass is 808 g/mol. The van der Waals surface area contributed by atoms with Crippen LogP contribution in [0, 0.1) is 0 Å². The third-order valence-electron chi connectivity index (χ3n) is 14.4. The first-order valence-corrected chi connectivity index (χ1v) is 22.1. The van der Waals surface area contributed by atoms with Crippen molar-refractivity contribution in [3.8, 4) is 39.1 Å². The summed E-state index contributed by atoms with van der Waals surface area (Å²) in [5.74, 6) is 0. The topological polar surface area (TPSA) is 21.3 Å². The van der Waals surface area contributed by atoms with E-state index >= 15 is 0 Å². The summed E-state index contributed by atoms with van der Waals surface area (Å²) in [5, 5.41) is 4.88. The number of hydrogen-bond acceptors (Lipinski definition) is 2. The Labute approximate surface area is 367 Å². The molecule has 0 saturated carbocycles. The van der Waals surface area contributed by atoms with Gasteiger partial charge in [0, 0.05) is 49.4 Å². The minimum Gasteiger partial charge on any atom is -0.456 e. The first kappa shape index (κ1) is 36.1. The van der Waals surface area contributed by atoms with E-state index in [-0.39, 0.29) is 10.8 Å². The molecule has 3 heteroatoms. The van der Waals surface area contributed by atoms with Gasteiger partial charge in [-0.15, -0.1) is 0 Å². The quantitative estimate of drug-likeness (QED) is 0.173. The summed E-state index contributed by atoms with van der Waals surface area (Å²) in [6.45, 7) is 9.39. The molecule has 1 aliphatic heterocycles. The summed E-state index contributed by atoms with van der Waals surface area (Å²) in [5.41, 5.74) is 21.4. The molecule has 11 aromatic rings. The fourth-order valence-corrected chi connectivity index (χ4v) is 11.2. The zero-order valence-electron chi connectivity index (χ0n) is 35.8. The van der Waals surface area contributed by atoms with Crippen LogP contribution < -0.4 is 4.90 Å². The SMILES string of the molecule is CC1(C)c2ccccc2-c2c1ccc1oc3cc(-c4cccc(N(c5ccc(-c6ccccc6)cc5)c5ccc6c(c5)c5cccc7c5n6-c5ccccc5C7(C)C)c4)ccc3c21. The minimum absolute atomic E-state index is 0.0699. The molecular weight excluding hydrogens is 765 g/mol. The van der Waals surface area contributed by atoms with Gasteiger partial charge in [0.2, 0.25) is 0 Å². The maximum atomic E-state index is 6.71. The van der Waals surface area contributed by atoms with E-state index < -0.39 is 0 Å². The van der Waals surface area contributed by atoms with Crippen molar-refractivity contribution in [3.63, 3.8) is 0 Å². The maximum Gasteiger partial charge on any atom is 0.136 e. The third-order valence-corrected chi connectivity index (χ3v) is 14.4. The Morgan fingerprint density at radius 3 is 1.92 bits per heavy atom. The molecule has 2 aliphatic rings. The molecule has 1 aliphatic carbocycles. The zero-order valence-corrected chi connectivity index (χ0v) is 35.8. The fourth-order valence-electron chi connectivity index (χ4n) is 11.2. The Morgan fingerprint density at radius 2 is 1.06 bits per heavy atom. The van der Waals surface area contributed by atoms with Crippen LogP contribution in [0.15, 0.2) is 199 Å². The van der Waals surface area contributed by atoms with E-state index in [9.17, 15) is 0 Å². The lowest BCUT2D eigenvalue weighted by atomic mass is 9.75. The van der Waals surface area contributed by atoms with E-state index in [1.807, 2.05) is 0 Å². The van der Waals surface area contributed by atoms with E-state index in [4.69, 9.17) is 4.42 Å². The Kier molecular flexibility index (Phi) is 7.42. The number of rotatable bonds is 5. The molecule has 63 heavy (non-hydrogen) atoms. The molecule has 0 radical (unpaired) electrons. The summed E-state index contributed by atoms with van der Waals surface area (Å²) >= 11 is 0. The number of nitrogens with zero attached hydrogens (tertiary/aromatic N) is 2. The Bertz CT molecular complexity index is 3680. The molecule has 300 valence electrons. The first-order valence-electron chi connectivity index (χ1n) is 22.1. The highest BCUT2D eigenvalue weighted by Crippen LogP contribution is 2.53. The molecule has 0 unspecified atom stereocenters. The van der Waals surface area contributed by atoms with E-state index in [2.05, 4.69) is 231 Å². The van der Waals surface area contributed by atoms with Gasteiger partial charge in [-0.3, -0.25) is 0 Å². The Morgan fingerprint density at radius 1 is 0.413 bits per heavy atom. The van der Waals surface area contributed by atoms with Gasteiger partial charge in [0.05, 0.1) is 16.7 Å². The van der Waals surface area contributed by atoms with Crippen LogP contribution in [-0.4, -0.2) is 4.57 Å². The second-order valence-electron chi connectivity index (χ2n) is 18.5. The Hall–Kier alpha value is -7.62. The van der Waals surface area contributed by atoms with E-state index in [1.165, 1.54) is 77.4 Å². The summed E-state index contributed by atoms with van der Waals surface area (Å²) < 4.78 is 9.20. The lowest BCUT2D eigenvalue weighted by Crippen LogP contribution is -2.26. The summed E-state index contributed by atoms with van der Waals surface area (Å²) in [4.78, 5) is 2.41. The number of furan rings is 1. The van der Waals surface area contributed by atoms with Crippen molar-refractivity contribution in [2.45, 2.75) is 38.5 Å². The highest BCUT2D eigenvalue weighted by molar-refractivity contribution is 6.16. The molecule has 0 N–H and O–H groups in total. The van der Waals surface area contributed by atoms with Crippen molar-refractivity contribution in [1.82, 2.24) is 4.57 Å². The molecule has 13 rings (SSSR count). The van der Waals surface area contributed by atoms with Crippen LogP contribution in [0.1, 0.15) is 49.9 Å². The van der Waals surface area contributed by atoms with Crippen LogP contribution in [0.3, 0.4) is 0 Å². The van der Waals surface area contributed by atoms with Crippen molar-refractivity contribution in [3.05, 3.63) is 216 Å². The molecular formula is C60H44N2O.